The van der Waals surface area contributed by atoms with Crippen LogP contribution in [0.3, 0.4) is 0 Å². The average molecular weight is 281 g/mol. The zero-order chi connectivity index (χ0) is 11.7. The van der Waals surface area contributed by atoms with Crippen LogP contribution in [0.1, 0.15) is 33.6 Å². The van der Waals surface area contributed by atoms with Crippen molar-refractivity contribution in [3.63, 3.8) is 0 Å². The molecule has 1 atom stereocenters. The van der Waals surface area contributed by atoms with Gasteiger partial charge in [0.2, 0.25) is 0 Å². The third-order valence-corrected chi connectivity index (χ3v) is 4.45. The van der Waals surface area contributed by atoms with Gasteiger partial charge in [-0.05, 0) is 24.2 Å². The molecule has 0 aliphatic rings. The van der Waals surface area contributed by atoms with E-state index in [0.29, 0.717) is 24.5 Å². The lowest BCUT2D eigenvalue weighted by Crippen LogP contribution is -2.25. The summed E-state index contributed by atoms with van der Waals surface area (Å²) < 4.78 is 10.4. The first kappa shape index (κ1) is 15.4. The molecule has 15 heavy (non-hydrogen) atoms. The molecule has 0 amide bonds. The largest absolute Gasteiger partial charge is 0.382 e. The Morgan fingerprint density at radius 2 is 1.87 bits per heavy atom. The van der Waals surface area contributed by atoms with E-state index in [0.717, 1.165) is 18.4 Å². The Morgan fingerprint density at radius 1 is 1.20 bits per heavy atom. The van der Waals surface area contributed by atoms with Gasteiger partial charge in [0, 0.05) is 19.0 Å². The standard InChI is InChI=1S/C12H25BrO2/c1-11(2)12(3,10-13)6-5-7-15-9-8-14-4/h11H,5-10H2,1-4H3. The maximum atomic E-state index is 5.45. The minimum Gasteiger partial charge on any atom is -0.382 e. The monoisotopic (exact) mass is 280 g/mol. The zero-order valence-electron chi connectivity index (χ0n) is 10.5. The quantitative estimate of drug-likeness (QED) is 0.476. The number of rotatable bonds is 9. The minimum absolute atomic E-state index is 0.393. The van der Waals surface area contributed by atoms with Gasteiger partial charge in [-0.25, -0.2) is 0 Å². The van der Waals surface area contributed by atoms with Gasteiger partial charge in [0.05, 0.1) is 13.2 Å². The summed E-state index contributed by atoms with van der Waals surface area (Å²) in [4.78, 5) is 0. The predicted molar refractivity (Wildman–Crippen MR) is 68.7 cm³/mol. The highest BCUT2D eigenvalue weighted by molar-refractivity contribution is 9.09. The topological polar surface area (TPSA) is 18.5 Å². The van der Waals surface area contributed by atoms with Gasteiger partial charge < -0.3 is 9.47 Å². The van der Waals surface area contributed by atoms with Crippen LogP contribution >= 0.6 is 15.9 Å². The molecule has 0 saturated carbocycles. The molecule has 0 heterocycles. The van der Waals surface area contributed by atoms with Gasteiger partial charge in [0.15, 0.2) is 0 Å². The highest BCUT2D eigenvalue weighted by atomic mass is 79.9. The smallest absolute Gasteiger partial charge is 0.0700 e. The predicted octanol–water partition coefficient (Wildman–Crippen LogP) is 3.49. The van der Waals surface area contributed by atoms with E-state index >= 15 is 0 Å². The third kappa shape index (κ3) is 6.54. The number of hydrogen-bond acceptors (Lipinski definition) is 2. The fraction of sp³-hybridized carbons (Fsp3) is 1.00. The van der Waals surface area contributed by atoms with Crippen LogP contribution in [0.15, 0.2) is 0 Å². The molecule has 0 aromatic carbocycles. The Bertz CT molecular complexity index is 151. The van der Waals surface area contributed by atoms with Gasteiger partial charge in [-0.1, -0.05) is 36.7 Å². The molecule has 0 saturated heterocycles. The Balaban J connectivity index is 3.55. The van der Waals surface area contributed by atoms with E-state index in [-0.39, 0.29) is 0 Å². The Labute approximate surface area is 103 Å². The van der Waals surface area contributed by atoms with Crippen LogP contribution < -0.4 is 0 Å². The zero-order valence-corrected chi connectivity index (χ0v) is 12.1. The molecule has 0 aliphatic carbocycles. The second kappa shape index (κ2) is 8.54. The lowest BCUT2D eigenvalue weighted by atomic mass is 9.77. The molecule has 92 valence electrons. The van der Waals surface area contributed by atoms with Crippen molar-refractivity contribution in [1.82, 2.24) is 0 Å². The van der Waals surface area contributed by atoms with Gasteiger partial charge >= 0.3 is 0 Å². The number of halogens is 1. The molecule has 3 heteroatoms. The van der Waals surface area contributed by atoms with Crippen LogP contribution in [0.5, 0.6) is 0 Å². The number of ether oxygens (including phenoxy) is 2. The molecule has 0 aliphatic heterocycles. The van der Waals surface area contributed by atoms with Crippen LogP contribution in [0, 0.1) is 11.3 Å². The van der Waals surface area contributed by atoms with Crippen molar-refractivity contribution in [2.75, 3.05) is 32.3 Å². The molecule has 0 rings (SSSR count). The van der Waals surface area contributed by atoms with Crippen molar-refractivity contribution in [3.8, 4) is 0 Å². The first-order valence-corrected chi connectivity index (χ1v) is 6.81. The van der Waals surface area contributed by atoms with Gasteiger partial charge in [-0.3, -0.25) is 0 Å². The van der Waals surface area contributed by atoms with Crippen LogP contribution in [0.2, 0.25) is 0 Å². The number of hydrogen-bond donors (Lipinski definition) is 0. The van der Waals surface area contributed by atoms with Gasteiger partial charge in [-0.15, -0.1) is 0 Å². The molecule has 0 aromatic heterocycles. The van der Waals surface area contributed by atoms with Crippen molar-refractivity contribution in [1.29, 1.82) is 0 Å². The van der Waals surface area contributed by atoms with Crippen molar-refractivity contribution in [2.24, 2.45) is 11.3 Å². The van der Waals surface area contributed by atoms with Gasteiger partial charge in [0.25, 0.3) is 0 Å². The van der Waals surface area contributed by atoms with Crippen molar-refractivity contribution < 1.29 is 9.47 Å². The highest BCUT2D eigenvalue weighted by Crippen LogP contribution is 2.34. The minimum atomic E-state index is 0.393. The number of alkyl halides is 1. The van der Waals surface area contributed by atoms with Crippen LogP contribution in [-0.4, -0.2) is 32.3 Å². The van der Waals surface area contributed by atoms with Gasteiger partial charge in [0.1, 0.15) is 0 Å². The maximum absolute atomic E-state index is 5.45. The van der Waals surface area contributed by atoms with E-state index in [4.69, 9.17) is 9.47 Å². The van der Waals surface area contributed by atoms with Crippen molar-refractivity contribution in [3.05, 3.63) is 0 Å². The molecular formula is C12H25BrO2. The second-order valence-corrected chi connectivity index (χ2v) is 5.21. The van der Waals surface area contributed by atoms with E-state index in [1.165, 1.54) is 6.42 Å². The second-order valence-electron chi connectivity index (χ2n) is 4.65. The van der Waals surface area contributed by atoms with E-state index < -0.39 is 0 Å². The van der Waals surface area contributed by atoms with Crippen LogP contribution in [0.4, 0.5) is 0 Å². The molecule has 0 radical (unpaired) electrons. The molecule has 0 N–H and O–H groups in total. The highest BCUT2D eigenvalue weighted by Gasteiger charge is 2.26. The third-order valence-electron chi connectivity index (χ3n) is 3.17. The van der Waals surface area contributed by atoms with E-state index in [9.17, 15) is 0 Å². The maximum Gasteiger partial charge on any atom is 0.0700 e. The summed E-state index contributed by atoms with van der Waals surface area (Å²) in [7, 11) is 1.70. The summed E-state index contributed by atoms with van der Waals surface area (Å²) in [6, 6.07) is 0. The SMILES string of the molecule is COCCOCCCC(C)(CBr)C(C)C. The fourth-order valence-electron chi connectivity index (χ4n) is 1.33. The van der Waals surface area contributed by atoms with Gasteiger partial charge in [-0.2, -0.15) is 0 Å². The average Bonchev–Trinajstić information content (AvgIpc) is 2.22. The normalized spacial score (nSPS) is 15.6. The van der Waals surface area contributed by atoms with E-state index in [1.54, 1.807) is 7.11 Å². The lowest BCUT2D eigenvalue weighted by Gasteiger charge is -2.31. The molecule has 0 spiro atoms. The molecule has 1 unspecified atom stereocenters. The number of methoxy groups -OCH3 is 1. The summed E-state index contributed by atoms with van der Waals surface area (Å²) in [5.41, 5.74) is 0.393. The van der Waals surface area contributed by atoms with Crippen LogP contribution in [0.25, 0.3) is 0 Å². The summed E-state index contributed by atoms with van der Waals surface area (Å²) >= 11 is 3.61. The summed E-state index contributed by atoms with van der Waals surface area (Å²) in [5, 5.41) is 1.07. The molecule has 2 nitrogen and oxygen atoms in total. The molecule has 0 bridgehead atoms. The summed E-state index contributed by atoms with van der Waals surface area (Å²) in [6.07, 6.45) is 2.34. The molecular weight excluding hydrogens is 256 g/mol. The Hall–Kier alpha value is 0.400. The lowest BCUT2D eigenvalue weighted by molar-refractivity contribution is 0.0628. The van der Waals surface area contributed by atoms with Crippen molar-refractivity contribution in [2.45, 2.75) is 33.6 Å². The van der Waals surface area contributed by atoms with Crippen molar-refractivity contribution >= 4 is 15.9 Å². The fourth-order valence-corrected chi connectivity index (χ4v) is 2.26. The molecule has 0 aromatic rings. The Kier molecular flexibility index (Phi) is 8.77. The van der Waals surface area contributed by atoms with Crippen LogP contribution in [-0.2, 0) is 9.47 Å². The van der Waals surface area contributed by atoms with E-state index in [2.05, 4.69) is 36.7 Å². The Morgan fingerprint density at radius 3 is 2.33 bits per heavy atom. The van der Waals surface area contributed by atoms with E-state index in [1.807, 2.05) is 0 Å². The summed E-state index contributed by atoms with van der Waals surface area (Å²) in [6.45, 7) is 9.16. The molecule has 0 fully saturated rings. The summed E-state index contributed by atoms with van der Waals surface area (Å²) in [5.74, 6) is 0.704. The first-order valence-electron chi connectivity index (χ1n) is 5.69. The first-order chi connectivity index (χ1) is 7.06.